The van der Waals surface area contributed by atoms with Gasteiger partial charge in [-0.15, -0.1) is 0 Å². The van der Waals surface area contributed by atoms with Crippen LogP contribution in [0.5, 0.6) is 0 Å². The summed E-state index contributed by atoms with van der Waals surface area (Å²) in [4.78, 5) is 18.8. The molecule has 1 aliphatic heterocycles. The Balaban J connectivity index is 1.46. The van der Waals surface area contributed by atoms with E-state index in [4.69, 9.17) is 0 Å². The van der Waals surface area contributed by atoms with E-state index in [0.29, 0.717) is 18.2 Å². The summed E-state index contributed by atoms with van der Waals surface area (Å²) in [7, 11) is 1.85. The first-order valence-electron chi connectivity index (χ1n) is 8.18. The second-order valence-electron chi connectivity index (χ2n) is 6.24. The van der Waals surface area contributed by atoms with Gasteiger partial charge in [0.25, 0.3) is 5.91 Å². The van der Waals surface area contributed by atoms with Crippen LogP contribution in [0, 0.1) is 6.92 Å². The molecule has 1 saturated heterocycles. The van der Waals surface area contributed by atoms with Crippen LogP contribution in [0.25, 0.3) is 0 Å². The first kappa shape index (κ1) is 15.7. The van der Waals surface area contributed by atoms with Crippen molar-refractivity contribution < 1.29 is 4.79 Å². The molecule has 5 heteroatoms. The third kappa shape index (κ3) is 3.62. The molecule has 23 heavy (non-hydrogen) atoms. The van der Waals surface area contributed by atoms with E-state index in [0.717, 1.165) is 25.3 Å². The number of aromatic nitrogens is 2. The molecule has 1 aliphatic rings. The second kappa shape index (κ2) is 6.96. The van der Waals surface area contributed by atoms with E-state index in [1.165, 1.54) is 12.0 Å². The number of amides is 1. The molecule has 0 radical (unpaired) electrons. The monoisotopic (exact) mass is 312 g/mol. The van der Waals surface area contributed by atoms with E-state index >= 15 is 0 Å². The van der Waals surface area contributed by atoms with Crippen LogP contribution in [0.1, 0.15) is 34.1 Å². The highest BCUT2D eigenvalue weighted by molar-refractivity contribution is 5.93. The predicted molar refractivity (Wildman–Crippen MR) is 90.5 cm³/mol. The standard InChI is InChI=1S/C18H24N4O/c1-14-17(21(2)13-20-14)18(23)19-9-11-22-10-8-16(12-22)15-6-4-3-5-7-15/h3-7,13,16H,8-12H2,1-2H3,(H,19,23)/t16-/m1/s1. The highest BCUT2D eigenvalue weighted by atomic mass is 16.2. The number of nitrogens with zero attached hydrogens (tertiary/aromatic N) is 3. The second-order valence-corrected chi connectivity index (χ2v) is 6.24. The van der Waals surface area contributed by atoms with Crippen molar-refractivity contribution in [1.82, 2.24) is 19.8 Å². The quantitative estimate of drug-likeness (QED) is 0.918. The van der Waals surface area contributed by atoms with E-state index < -0.39 is 0 Å². The van der Waals surface area contributed by atoms with Crippen molar-refractivity contribution in [2.45, 2.75) is 19.3 Å². The third-order valence-corrected chi connectivity index (χ3v) is 4.59. The van der Waals surface area contributed by atoms with Gasteiger partial charge in [-0.25, -0.2) is 4.98 Å². The predicted octanol–water partition coefficient (Wildman–Crippen LogP) is 1.95. The molecule has 3 rings (SSSR count). The average Bonchev–Trinajstić information content (AvgIpc) is 3.15. The van der Waals surface area contributed by atoms with Gasteiger partial charge in [-0.1, -0.05) is 30.3 Å². The minimum Gasteiger partial charge on any atom is -0.349 e. The van der Waals surface area contributed by atoms with Crippen LogP contribution in [0.2, 0.25) is 0 Å². The van der Waals surface area contributed by atoms with Gasteiger partial charge in [0.05, 0.1) is 12.0 Å². The summed E-state index contributed by atoms with van der Waals surface area (Å²) in [6.07, 6.45) is 2.87. The molecule has 0 aliphatic carbocycles. The van der Waals surface area contributed by atoms with Gasteiger partial charge >= 0.3 is 0 Å². The Morgan fingerprint density at radius 1 is 1.35 bits per heavy atom. The molecule has 1 aromatic carbocycles. The van der Waals surface area contributed by atoms with E-state index in [1.807, 2.05) is 14.0 Å². The lowest BCUT2D eigenvalue weighted by Crippen LogP contribution is -2.34. The molecule has 2 aromatic rings. The zero-order valence-electron chi connectivity index (χ0n) is 13.8. The number of benzene rings is 1. The molecular weight excluding hydrogens is 288 g/mol. The van der Waals surface area contributed by atoms with Crippen molar-refractivity contribution in [3.8, 4) is 0 Å². The first-order chi connectivity index (χ1) is 11.1. The van der Waals surface area contributed by atoms with Crippen LogP contribution in [0.4, 0.5) is 0 Å². The summed E-state index contributed by atoms with van der Waals surface area (Å²) in [5, 5.41) is 3.01. The Morgan fingerprint density at radius 2 is 2.13 bits per heavy atom. The normalized spacial score (nSPS) is 18.3. The van der Waals surface area contributed by atoms with Gasteiger partial charge in [-0.3, -0.25) is 4.79 Å². The number of hydrogen-bond donors (Lipinski definition) is 1. The van der Waals surface area contributed by atoms with E-state index in [-0.39, 0.29) is 5.91 Å². The molecule has 2 heterocycles. The maximum absolute atomic E-state index is 12.2. The van der Waals surface area contributed by atoms with E-state index in [9.17, 15) is 4.79 Å². The van der Waals surface area contributed by atoms with Crippen LogP contribution < -0.4 is 5.32 Å². The Bertz CT molecular complexity index is 645. The Labute approximate surface area is 137 Å². The number of carbonyl (C=O) groups excluding carboxylic acids is 1. The summed E-state index contributed by atoms with van der Waals surface area (Å²) < 4.78 is 1.77. The minimum absolute atomic E-state index is 0.0405. The molecule has 1 atom stereocenters. The Hall–Kier alpha value is -2.14. The zero-order chi connectivity index (χ0) is 16.2. The maximum Gasteiger partial charge on any atom is 0.269 e. The Morgan fingerprint density at radius 3 is 2.83 bits per heavy atom. The maximum atomic E-state index is 12.2. The van der Waals surface area contributed by atoms with Gasteiger partial charge in [0, 0.05) is 26.7 Å². The topological polar surface area (TPSA) is 50.2 Å². The summed E-state index contributed by atoms with van der Waals surface area (Å²) in [6.45, 7) is 5.60. The molecule has 122 valence electrons. The number of aryl methyl sites for hydroxylation is 2. The van der Waals surface area contributed by atoms with Gasteiger partial charge in [-0.05, 0) is 31.4 Å². The number of carbonyl (C=O) groups is 1. The number of hydrogen-bond acceptors (Lipinski definition) is 3. The molecule has 1 fully saturated rings. The number of imidazole rings is 1. The van der Waals surface area contributed by atoms with Crippen LogP contribution in [-0.4, -0.2) is 46.5 Å². The smallest absolute Gasteiger partial charge is 0.269 e. The van der Waals surface area contributed by atoms with Crippen molar-refractivity contribution >= 4 is 5.91 Å². The molecule has 1 amide bonds. The summed E-state index contributed by atoms with van der Waals surface area (Å²) in [5.41, 5.74) is 2.84. The Kier molecular flexibility index (Phi) is 4.76. The molecule has 0 saturated carbocycles. The van der Waals surface area contributed by atoms with Crippen molar-refractivity contribution in [1.29, 1.82) is 0 Å². The minimum atomic E-state index is -0.0405. The molecule has 0 spiro atoms. The van der Waals surface area contributed by atoms with Gasteiger partial charge in [-0.2, -0.15) is 0 Å². The lowest BCUT2D eigenvalue weighted by molar-refractivity contribution is 0.0941. The number of rotatable bonds is 5. The largest absolute Gasteiger partial charge is 0.349 e. The fraction of sp³-hybridized carbons (Fsp3) is 0.444. The van der Waals surface area contributed by atoms with Gasteiger partial charge in [0.15, 0.2) is 0 Å². The van der Waals surface area contributed by atoms with Crippen LogP contribution in [-0.2, 0) is 7.05 Å². The SMILES string of the molecule is Cc1ncn(C)c1C(=O)NCCN1CC[C@@H](c2ccccc2)C1. The molecule has 1 N–H and O–H groups in total. The highest BCUT2D eigenvalue weighted by Crippen LogP contribution is 2.26. The fourth-order valence-electron chi connectivity index (χ4n) is 3.32. The van der Waals surface area contributed by atoms with Crippen molar-refractivity contribution in [2.75, 3.05) is 26.2 Å². The highest BCUT2D eigenvalue weighted by Gasteiger charge is 2.23. The lowest BCUT2D eigenvalue weighted by atomic mass is 9.99. The summed E-state index contributed by atoms with van der Waals surface area (Å²) >= 11 is 0. The van der Waals surface area contributed by atoms with Crippen LogP contribution in [0.15, 0.2) is 36.7 Å². The van der Waals surface area contributed by atoms with Gasteiger partial charge in [0.2, 0.25) is 0 Å². The molecule has 0 bridgehead atoms. The van der Waals surface area contributed by atoms with Gasteiger partial charge < -0.3 is 14.8 Å². The summed E-state index contributed by atoms with van der Waals surface area (Å²) in [6, 6.07) is 10.7. The van der Waals surface area contributed by atoms with Crippen molar-refractivity contribution in [3.63, 3.8) is 0 Å². The lowest BCUT2D eigenvalue weighted by Gasteiger charge is -2.16. The van der Waals surface area contributed by atoms with Crippen molar-refractivity contribution in [3.05, 3.63) is 53.6 Å². The summed E-state index contributed by atoms with van der Waals surface area (Å²) in [5.74, 6) is 0.576. The van der Waals surface area contributed by atoms with Crippen LogP contribution >= 0.6 is 0 Å². The fourth-order valence-corrected chi connectivity index (χ4v) is 3.32. The van der Waals surface area contributed by atoms with Crippen molar-refractivity contribution in [2.24, 2.45) is 7.05 Å². The first-order valence-corrected chi connectivity index (χ1v) is 8.18. The molecule has 1 aromatic heterocycles. The van der Waals surface area contributed by atoms with E-state index in [1.54, 1.807) is 10.9 Å². The van der Waals surface area contributed by atoms with E-state index in [2.05, 4.69) is 45.5 Å². The number of nitrogens with one attached hydrogen (secondary N) is 1. The average molecular weight is 312 g/mol. The zero-order valence-corrected chi connectivity index (χ0v) is 13.8. The number of likely N-dealkylation sites (tertiary alicyclic amines) is 1. The van der Waals surface area contributed by atoms with Crippen LogP contribution in [0.3, 0.4) is 0 Å². The molecule has 0 unspecified atom stereocenters. The van der Waals surface area contributed by atoms with Gasteiger partial charge in [0.1, 0.15) is 5.69 Å². The molecule has 5 nitrogen and oxygen atoms in total. The third-order valence-electron chi connectivity index (χ3n) is 4.59. The molecular formula is C18H24N4O.